The van der Waals surface area contributed by atoms with Crippen LogP contribution in [0.5, 0.6) is 23.0 Å². The number of nitrogens with zero attached hydrogens (tertiary/aromatic N) is 1. The van der Waals surface area contributed by atoms with Crippen LogP contribution in [-0.4, -0.2) is 48.2 Å². The molecule has 1 fully saturated rings. The van der Waals surface area contributed by atoms with Crippen LogP contribution >= 0.6 is 11.3 Å². The Kier molecular flexibility index (Phi) is 6.24. The molecule has 0 atom stereocenters. The van der Waals surface area contributed by atoms with Crippen molar-refractivity contribution in [3.05, 3.63) is 82.2 Å². The summed E-state index contributed by atoms with van der Waals surface area (Å²) in [5.41, 5.74) is 2.56. The van der Waals surface area contributed by atoms with Gasteiger partial charge in [-0.3, -0.25) is 14.1 Å². The molecule has 0 spiro atoms. The Balaban J connectivity index is 1.35. The largest absolute Gasteiger partial charge is 0.508 e. The number of phenols is 1. The minimum Gasteiger partial charge on any atom is -0.508 e. The van der Waals surface area contributed by atoms with Crippen LogP contribution in [0.1, 0.15) is 35.5 Å². The van der Waals surface area contributed by atoms with E-state index in [1.807, 2.05) is 32.0 Å². The summed E-state index contributed by atoms with van der Waals surface area (Å²) >= 11 is 1.28. The summed E-state index contributed by atoms with van der Waals surface area (Å²) < 4.78 is 41.3. The molecule has 4 aromatic rings. The number of ketones is 1. The predicted molar refractivity (Wildman–Crippen MR) is 141 cm³/mol. The average molecular weight is 508 g/mol. The number of carbonyl (C=O) groups excluding carboxylic acids is 1. The Morgan fingerprint density at radius 1 is 1.11 bits per heavy atom. The van der Waals surface area contributed by atoms with Crippen LogP contribution in [0.2, 0.25) is 0 Å². The Morgan fingerprint density at radius 3 is 2.58 bits per heavy atom. The van der Waals surface area contributed by atoms with E-state index >= 15 is 0 Å². The highest BCUT2D eigenvalue weighted by atomic mass is 32.1. The number of hydrogen-bond acceptors (Lipinski definition) is 6. The van der Waals surface area contributed by atoms with Gasteiger partial charge in [0.2, 0.25) is 5.78 Å². The van der Waals surface area contributed by atoms with Crippen LogP contribution < -0.4 is 9.47 Å². The van der Waals surface area contributed by atoms with Crippen molar-refractivity contribution in [2.45, 2.75) is 26.4 Å². The topological polar surface area (TPSA) is 59.0 Å². The van der Waals surface area contributed by atoms with Crippen LogP contribution in [0.3, 0.4) is 0 Å². The lowest BCUT2D eigenvalue weighted by atomic mass is 10.0. The highest BCUT2D eigenvalue weighted by Gasteiger charge is 2.28. The van der Waals surface area contributed by atoms with Gasteiger partial charge in [-0.05, 0) is 68.3 Å². The molecule has 0 unspecified atom stereocenters. The number of phenolic OH excluding ortho intramolecular Hbond substituents is 1. The van der Waals surface area contributed by atoms with Gasteiger partial charge in [0, 0.05) is 38.0 Å². The molecule has 1 saturated heterocycles. The molecule has 5 rings (SSSR count). The maximum absolute atomic E-state index is 13.6. The Bertz CT molecular complexity index is 1480. The second-order valence-electron chi connectivity index (χ2n) is 8.90. The number of likely N-dealkylation sites (tertiary alicyclic amines) is 1. The molecule has 0 bridgehead atoms. The number of aryl methyl sites for hydroxylation is 2. The average Bonchev–Trinajstić information content (AvgIpc) is 3.18. The summed E-state index contributed by atoms with van der Waals surface area (Å²) in [5, 5.41) is 10.7. The Labute approximate surface area is 216 Å². The monoisotopic (exact) mass is 507 g/mol. The number of fused-ring (bicyclic) bond motifs is 1. The van der Waals surface area contributed by atoms with Gasteiger partial charge in [0.25, 0.3) is 0 Å². The van der Waals surface area contributed by atoms with Crippen LogP contribution in [0.15, 0.2) is 60.7 Å². The highest BCUT2D eigenvalue weighted by Crippen LogP contribution is 2.43. The zero-order valence-corrected chi connectivity index (χ0v) is 20.9. The van der Waals surface area contributed by atoms with Gasteiger partial charge in [-0.15, -0.1) is 11.3 Å². The molecule has 1 aliphatic rings. The van der Waals surface area contributed by atoms with E-state index in [-0.39, 0.29) is 24.1 Å². The number of thiophene rings is 1. The number of ether oxygens (including phenoxy) is 2. The third kappa shape index (κ3) is 5.08. The number of alkyl halides is 1. The van der Waals surface area contributed by atoms with Gasteiger partial charge in [-0.2, -0.15) is 0 Å². The van der Waals surface area contributed by atoms with Crippen molar-refractivity contribution in [1.82, 2.24) is 4.90 Å². The fourth-order valence-corrected chi connectivity index (χ4v) is 5.36. The normalized spacial score (nSPS) is 15.3. The second kappa shape index (κ2) is 10.3. The number of carbonyl (C=O) groups is 1. The van der Waals surface area contributed by atoms with E-state index in [2.05, 4.69) is 0 Å². The van der Waals surface area contributed by atoms with Crippen LogP contribution in [-0.2, 0) is 0 Å². The molecule has 0 aliphatic carbocycles. The molecular weight excluding hydrogens is 477 g/mol. The van der Waals surface area contributed by atoms with Gasteiger partial charge in [-0.1, -0.05) is 23.8 Å². The fraction of sp³-hybridized carbons (Fsp3) is 0.276. The van der Waals surface area contributed by atoms with E-state index in [4.69, 9.17) is 12.2 Å². The first-order valence-corrected chi connectivity index (χ1v) is 12.6. The minimum atomic E-state index is -1.67. The van der Waals surface area contributed by atoms with Crippen molar-refractivity contribution < 1.29 is 26.5 Å². The lowest BCUT2D eigenvalue weighted by Gasteiger charge is -2.38. The maximum atomic E-state index is 13.6. The first-order chi connectivity index (χ1) is 18.1. The number of aromatic hydroxyl groups is 1. The summed E-state index contributed by atoms with van der Waals surface area (Å²) in [6, 6.07) is 17.7. The standard InChI is InChI=1S/C29H28FNO4S/c1-18-4-10-24(19(2)14-18)27(33)29-28(25-11-5-20(32)15-26(25)36-29)35-22-8-6-21(7-9-22)34-23-16-31(17-23)13-3-12-30/h4-11,14-15,23,32H,3,12-13,16-17H2,1-2H3/i13D2. The molecule has 0 saturated carbocycles. The number of hydrogen-bond donors (Lipinski definition) is 1. The summed E-state index contributed by atoms with van der Waals surface area (Å²) in [6.45, 7) is 2.31. The van der Waals surface area contributed by atoms with Gasteiger partial charge in [0.15, 0.2) is 5.75 Å². The Hall–Kier alpha value is -3.42. The molecule has 5 nitrogen and oxygen atoms in total. The predicted octanol–water partition coefficient (Wildman–Crippen LogP) is 6.67. The molecule has 1 aliphatic heterocycles. The third-order valence-corrected chi connectivity index (χ3v) is 7.22. The zero-order chi connectivity index (χ0) is 27.0. The lowest BCUT2D eigenvalue weighted by molar-refractivity contribution is 0.0184. The van der Waals surface area contributed by atoms with Gasteiger partial charge < -0.3 is 14.6 Å². The molecule has 1 aromatic heterocycles. The van der Waals surface area contributed by atoms with Crippen molar-refractivity contribution in [2.75, 3.05) is 26.3 Å². The van der Waals surface area contributed by atoms with Gasteiger partial charge in [-0.25, -0.2) is 0 Å². The molecule has 0 radical (unpaired) electrons. The first-order valence-electron chi connectivity index (χ1n) is 12.8. The molecule has 2 heterocycles. The fourth-order valence-electron chi connectivity index (χ4n) is 4.24. The van der Waals surface area contributed by atoms with Gasteiger partial charge >= 0.3 is 0 Å². The van der Waals surface area contributed by atoms with E-state index in [0.29, 0.717) is 40.8 Å². The quantitative estimate of drug-likeness (QED) is 0.257. The highest BCUT2D eigenvalue weighted by molar-refractivity contribution is 7.21. The van der Waals surface area contributed by atoms with Gasteiger partial charge in [0.1, 0.15) is 28.2 Å². The summed E-state index contributed by atoms with van der Waals surface area (Å²) in [7, 11) is 0. The summed E-state index contributed by atoms with van der Waals surface area (Å²) in [5.74, 6) is 1.55. The third-order valence-electron chi connectivity index (χ3n) is 6.09. The van der Waals surface area contributed by atoms with E-state index in [9.17, 15) is 14.3 Å². The Morgan fingerprint density at radius 2 is 1.86 bits per heavy atom. The van der Waals surface area contributed by atoms with Crippen molar-refractivity contribution in [3.63, 3.8) is 0 Å². The molecule has 1 N–H and O–H groups in total. The first kappa shape index (κ1) is 21.8. The SMILES string of the molecule is [2H]C([2H])(CCF)N1CC(Oc2ccc(Oc3c(C(=O)c4ccc(C)cc4C)sc4cc(O)ccc34)cc2)C1. The van der Waals surface area contributed by atoms with Crippen molar-refractivity contribution >= 4 is 27.2 Å². The van der Waals surface area contributed by atoms with Crippen LogP contribution in [0.25, 0.3) is 10.1 Å². The molecule has 3 aromatic carbocycles. The summed E-state index contributed by atoms with van der Waals surface area (Å²) in [6.07, 6.45) is -0.330. The molecule has 186 valence electrons. The number of benzene rings is 3. The van der Waals surface area contributed by atoms with Crippen LogP contribution in [0, 0.1) is 13.8 Å². The minimum absolute atomic E-state index is 0.115. The van der Waals surface area contributed by atoms with Crippen molar-refractivity contribution in [3.8, 4) is 23.0 Å². The van der Waals surface area contributed by atoms with E-state index in [1.54, 1.807) is 47.4 Å². The maximum Gasteiger partial charge on any atom is 0.207 e. The second-order valence-corrected chi connectivity index (χ2v) is 9.96. The smallest absolute Gasteiger partial charge is 0.207 e. The zero-order valence-electron chi connectivity index (χ0n) is 22.1. The van der Waals surface area contributed by atoms with E-state index in [1.165, 1.54) is 11.3 Å². The van der Waals surface area contributed by atoms with Crippen molar-refractivity contribution in [1.29, 1.82) is 0 Å². The summed E-state index contributed by atoms with van der Waals surface area (Å²) in [4.78, 5) is 15.6. The van der Waals surface area contributed by atoms with Crippen molar-refractivity contribution in [2.24, 2.45) is 0 Å². The van der Waals surface area contributed by atoms with E-state index in [0.717, 1.165) is 21.2 Å². The number of rotatable bonds is 9. The molecular formula is C29H28FNO4S. The van der Waals surface area contributed by atoms with Gasteiger partial charge in [0.05, 0.1) is 6.67 Å². The lowest BCUT2D eigenvalue weighted by Crippen LogP contribution is -2.53. The molecule has 7 heteroatoms. The molecule has 36 heavy (non-hydrogen) atoms. The van der Waals surface area contributed by atoms with Crippen LogP contribution in [0.4, 0.5) is 4.39 Å². The van der Waals surface area contributed by atoms with E-state index < -0.39 is 13.2 Å². The molecule has 0 amide bonds. The number of halogens is 1.